The van der Waals surface area contributed by atoms with Crippen LogP contribution in [0.1, 0.15) is 22.7 Å². The van der Waals surface area contributed by atoms with Gasteiger partial charge in [0.25, 0.3) is 5.91 Å². The zero-order valence-electron chi connectivity index (χ0n) is 15.6. The summed E-state index contributed by atoms with van der Waals surface area (Å²) in [5, 5.41) is 2.89. The van der Waals surface area contributed by atoms with Gasteiger partial charge in [-0.2, -0.15) is 0 Å². The Morgan fingerprint density at radius 1 is 1.19 bits per heavy atom. The first kappa shape index (κ1) is 19.3. The van der Waals surface area contributed by atoms with Crippen LogP contribution in [0.3, 0.4) is 0 Å². The van der Waals surface area contributed by atoms with Crippen LogP contribution >= 0.6 is 0 Å². The van der Waals surface area contributed by atoms with Crippen molar-refractivity contribution in [3.05, 3.63) is 47.9 Å². The molecule has 0 aliphatic carbocycles. The fraction of sp³-hybridized carbons (Fsp3) is 0.450. The van der Waals surface area contributed by atoms with Gasteiger partial charge in [-0.1, -0.05) is 6.07 Å². The van der Waals surface area contributed by atoms with E-state index in [9.17, 15) is 4.79 Å². The first-order chi connectivity index (χ1) is 13.2. The summed E-state index contributed by atoms with van der Waals surface area (Å²) in [6.45, 7) is 5.33. The lowest BCUT2D eigenvalue weighted by Crippen LogP contribution is -2.38. The molecule has 0 bridgehead atoms. The SMILES string of the molecule is COc1cccc(OCc2ccc(C(=O)NCCCN3CCOCC3)o2)c1. The number of carbonyl (C=O) groups is 1. The summed E-state index contributed by atoms with van der Waals surface area (Å²) in [4.78, 5) is 14.5. The molecule has 1 saturated heterocycles. The summed E-state index contributed by atoms with van der Waals surface area (Å²) >= 11 is 0. The average Bonchev–Trinajstić information content (AvgIpc) is 3.20. The van der Waals surface area contributed by atoms with Crippen molar-refractivity contribution in [1.82, 2.24) is 10.2 Å². The number of nitrogens with one attached hydrogen (secondary N) is 1. The van der Waals surface area contributed by atoms with Gasteiger partial charge < -0.3 is 23.9 Å². The maximum Gasteiger partial charge on any atom is 0.286 e. The van der Waals surface area contributed by atoms with E-state index in [0.29, 0.717) is 23.8 Å². The number of rotatable bonds is 9. The number of amides is 1. The zero-order valence-corrected chi connectivity index (χ0v) is 15.6. The maximum atomic E-state index is 12.2. The van der Waals surface area contributed by atoms with E-state index in [2.05, 4.69) is 10.2 Å². The molecule has 27 heavy (non-hydrogen) atoms. The Kier molecular flexibility index (Phi) is 7.12. The van der Waals surface area contributed by atoms with Gasteiger partial charge in [-0.3, -0.25) is 9.69 Å². The van der Waals surface area contributed by atoms with E-state index < -0.39 is 0 Å². The van der Waals surface area contributed by atoms with E-state index >= 15 is 0 Å². The highest BCUT2D eigenvalue weighted by molar-refractivity contribution is 5.91. The van der Waals surface area contributed by atoms with Crippen LogP contribution in [0, 0.1) is 0 Å². The minimum Gasteiger partial charge on any atom is -0.497 e. The van der Waals surface area contributed by atoms with E-state index in [4.69, 9.17) is 18.6 Å². The Bertz CT molecular complexity index is 725. The van der Waals surface area contributed by atoms with Crippen molar-refractivity contribution in [2.75, 3.05) is 46.5 Å². The molecule has 0 unspecified atom stereocenters. The van der Waals surface area contributed by atoms with Gasteiger partial charge in [-0.05, 0) is 37.2 Å². The number of hydrogen-bond acceptors (Lipinski definition) is 6. The highest BCUT2D eigenvalue weighted by atomic mass is 16.5. The molecule has 1 aromatic heterocycles. The minimum absolute atomic E-state index is 0.204. The number of benzene rings is 1. The molecule has 1 fully saturated rings. The number of carbonyl (C=O) groups excluding carboxylic acids is 1. The molecule has 1 aliphatic heterocycles. The standard InChI is InChI=1S/C20H26N2O5/c1-24-16-4-2-5-17(14-16)26-15-18-6-7-19(27-18)20(23)21-8-3-9-22-10-12-25-13-11-22/h2,4-7,14H,3,8-13,15H2,1H3,(H,21,23). The third kappa shape index (κ3) is 6.01. The molecular formula is C20H26N2O5. The fourth-order valence-corrected chi connectivity index (χ4v) is 2.84. The number of ether oxygens (including phenoxy) is 3. The topological polar surface area (TPSA) is 73.2 Å². The summed E-state index contributed by atoms with van der Waals surface area (Å²) in [5.74, 6) is 2.09. The van der Waals surface area contributed by atoms with Crippen molar-refractivity contribution in [3.63, 3.8) is 0 Å². The first-order valence-corrected chi connectivity index (χ1v) is 9.18. The molecule has 1 N–H and O–H groups in total. The highest BCUT2D eigenvalue weighted by Gasteiger charge is 2.13. The van der Waals surface area contributed by atoms with Gasteiger partial charge >= 0.3 is 0 Å². The van der Waals surface area contributed by atoms with Crippen LogP contribution in [0.4, 0.5) is 0 Å². The van der Waals surface area contributed by atoms with Crippen molar-refractivity contribution >= 4 is 5.91 Å². The molecule has 2 heterocycles. The predicted molar refractivity (Wildman–Crippen MR) is 100 cm³/mol. The molecular weight excluding hydrogens is 348 g/mol. The van der Waals surface area contributed by atoms with Crippen LogP contribution in [-0.2, 0) is 11.3 Å². The van der Waals surface area contributed by atoms with Crippen molar-refractivity contribution < 1.29 is 23.4 Å². The number of furan rings is 1. The van der Waals surface area contributed by atoms with Crippen molar-refractivity contribution in [2.24, 2.45) is 0 Å². The van der Waals surface area contributed by atoms with Gasteiger partial charge in [0.05, 0.1) is 20.3 Å². The molecule has 0 spiro atoms. The molecule has 1 aliphatic rings. The molecule has 0 radical (unpaired) electrons. The normalized spacial score (nSPS) is 14.7. The van der Waals surface area contributed by atoms with E-state index in [-0.39, 0.29) is 12.5 Å². The van der Waals surface area contributed by atoms with Crippen LogP contribution in [0.15, 0.2) is 40.8 Å². The number of methoxy groups -OCH3 is 1. The van der Waals surface area contributed by atoms with Gasteiger partial charge in [0, 0.05) is 25.7 Å². The third-order valence-electron chi connectivity index (χ3n) is 4.35. The number of hydrogen-bond donors (Lipinski definition) is 1. The molecule has 2 aromatic rings. The quantitative estimate of drug-likeness (QED) is 0.679. The van der Waals surface area contributed by atoms with E-state index in [1.165, 1.54) is 0 Å². The predicted octanol–water partition coefficient (Wildman–Crippen LogP) is 2.32. The zero-order chi connectivity index (χ0) is 18.9. The van der Waals surface area contributed by atoms with Gasteiger partial charge in [0.1, 0.15) is 23.9 Å². The Morgan fingerprint density at radius 2 is 2.00 bits per heavy atom. The van der Waals surface area contributed by atoms with Crippen LogP contribution in [0.2, 0.25) is 0 Å². The molecule has 0 saturated carbocycles. The Balaban J connectivity index is 1.39. The number of morpholine rings is 1. The molecule has 146 valence electrons. The summed E-state index contributed by atoms with van der Waals surface area (Å²) in [7, 11) is 1.61. The largest absolute Gasteiger partial charge is 0.497 e. The van der Waals surface area contributed by atoms with Gasteiger partial charge in [0.15, 0.2) is 5.76 Å². The molecule has 3 rings (SSSR count). The summed E-state index contributed by atoms with van der Waals surface area (Å²) in [6, 6.07) is 10.8. The fourth-order valence-electron chi connectivity index (χ4n) is 2.84. The van der Waals surface area contributed by atoms with E-state index in [0.717, 1.165) is 45.0 Å². The molecule has 7 heteroatoms. The highest BCUT2D eigenvalue weighted by Crippen LogP contribution is 2.20. The second-order valence-electron chi connectivity index (χ2n) is 6.30. The molecule has 7 nitrogen and oxygen atoms in total. The van der Waals surface area contributed by atoms with Crippen LogP contribution < -0.4 is 14.8 Å². The Labute approximate surface area is 159 Å². The Hall–Kier alpha value is -2.51. The second kappa shape index (κ2) is 9.99. The molecule has 0 atom stereocenters. The maximum absolute atomic E-state index is 12.2. The minimum atomic E-state index is -0.204. The van der Waals surface area contributed by atoms with Crippen molar-refractivity contribution in [2.45, 2.75) is 13.0 Å². The molecule has 1 amide bonds. The lowest BCUT2D eigenvalue weighted by Gasteiger charge is -2.26. The van der Waals surface area contributed by atoms with E-state index in [1.807, 2.05) is 18.2 Å². The average molecular weight is 374 g/mol. The van der Waals surface area contributed by atoms with E-state index in [1.54, 1.807) is 25.3 Å². The van der Waals surface area contributed by atoms with Crippen LogP contribution in [-0.4, -0.2) is 57.3 Å². The van der Waals surface area contributed by atoms with Gasteiger partial charge in [-0.25, -0.2) is 0 Å². The smallest absolute Gasteiger partial charge is 0.286 e. The lowest BCUT2D eigenvalue weighted by molar-refractivity contribution is 0.0374. The van der Waals surface area contributed by atoms with Crippen molar-refractivity contribution in [1.29, 1.82) is 0 Å². The van der Waals surface area contributed by atoms with Gasteiger partial charge in [0.2, 0.25) is 0 Å². The van der Waals surface area contributed by atoms with Gasteiger partial charge in [-0.15, -0.1) is 0 Å². The van der Waals surface area contributed by atoms with Crippen LogP contribution in [0.25, 0.3) is 0 Å². The first-order valence-electron chi connectivity index (χ1n) is 9.18. The Morgan fingerprint density at radius 3 is 2.81 bits per heavy atom. The lowest BCUT2D eigenvalue weighted by atomic mass is 10.3. The summed E-state index contributed by atoms with van der Waals surface area (Å²) in [5.41, 5.74) is 0. The van der Waals surface area contributed by atoms with Crippen molar-refractivity contribution in [3.8, 4) is 11.5 Å². The second-order valence-corrected chi connectivity index (χ2v) is 6.30. The molecule has 1 aromatic carbocycles. The monoisotopic (exact) mass is 374 g/mol. The summed E-state index contributed by atoms with van der Waals surface area (Å²) in [6.07, 6.45) is 0.901. The number of nitrogens with zero attached hydrogens (tertiary/aromatic N) is 1. The van der Waals surface area contributed by atoms with Crippen LogP contribution in [0.5, 0.6) is 11.5 Å². The summed E-state index contributed by atoms with van der Waals surface area (Å²) < 4.78 is 21.7. The third-order valence-corrected chi connectivity index (χ3v) is 4.35.